The SMILES string of the molecule is COc1nnc(COc2cccc(-c3cc(F)c(Cc4nc5ccc(C(=O)O)cc5n4CC4(CF)CC4)cc3F)n2)s1.COc1nnc(COc2cccc(-c3cc(F)c(Cc4nc5ccc(C(=O)O)cc5n4CC4(CF)CC4)cc3F)n2)s1. The molecule has 2 saturated carbocycles. The Morgan fingerprint density at radius 2 is 0.964 bits per heavy atom. The van der Waals surface area contributed by atoms with E-state index in [2.05, 4.69) is 40.3 Å². The largest absolute Gasteiger partial charge is 0.478 e. The molecule has 2 aliphatic carbocycles. The number of ether oxygens (including phenoxy) is 4. The molecule has 0 atom stereocenters. The van der Waals surface area contributed by atoms with E-state index < -0.39 is 59.4 Å². The molecule has 18 nitrogen and oxygen atoms in total. The zero-order chi connectivity index (χ0) is 58.9. The van der Waals surface area contributed by atoms with Crippen LogP contribution in [0.5, 0.6) is 22.1 Å². The Morgan fingerprint density at radius 3 is 1.32 bits per heavy atom. The van der Waals surface area contributed by atoms with Crippen molar-refractivity contribution in [2.24, 2.45) is 10.8 Å². The third-order valence-electron chi connectivity index (χ3n) is 14.5. The Balaban J connectivity index is 0.000000175. The van der Waals surface area contributed by atoms with Gasteiger partial charge in [0.2, 0.25) is 11.8 Å². The van der Waals surface area contributed by atoms with Crippen molar-refractivity contribution in [2.75, 3.05) is 27.6 Å². The average Bonchev–Trinajstić information content (AvgIpc) is 3.75. The number of hydrogen-bond donors (Lipinski definition) is 2. The minimum atomic E-state index is -1.11. The highest BCUT2D eigenvalue weighted by Gasteiger charge is 2.45. The van der Waals surface area contributed by atoms with Crippen LogP contribution in [0.1, 0.15) is 79.2 Å². The number of pyridine rings is 2. The smallest absolute Gasteiger partial charge is 0.335 e. The Hall–Kier alpha value is -9.04. The number of hydrogen-bond acceptors (Lipinski definition) is 16. The first-order chi connectivity index (χ1) is 40.5. The van der Waals surface area contributed by atoms with Crippen molar-refractivity contribution >= 4 is 56.7 Å². The van der Waals surface area contributed by atoms with Crippen LogP contribution in [-0.4, -0.2) is 99.2 Å². The van der Waals surface area contributed by atoms with Gasteiger partial charge in [-0.3, -0.25) is 8.78 Å². The molecule has 0 radical (unpaired) electrons. The lowest BCUT2D eigenvalue weighted by molar-refractivity contribution is 0.0686. The number of halogens is 6. The quantitative estimate of drug-likeness (QED) is 0.0602. The van der Waals surface area contributed by atoms with Gasteiger partial charge in [-0.25, -0.2) is 47.1 Å². The van der Waals surface area contributed by atoms with Crippen molar-refractivity contribution in [3.8, 4) is 44.7 Å². The van der Waals surface area contributed by atoms with E-state index in [4.69, 9.17) is 18.9 Å². The molecule has 26 heteroatoms. The van der Waals surface area contributed by atoms with E-state index in [1.54, 1.807) is 57.7 Å². The second-order valence-electron chi connectivity index (χ2n) is 20.3. The van der Waals surface area contributed by atoms with Crippen LogP contribution in [0.25, 0.3) is 44.6 Å². The molecule has 0 unspecified atom stereocenters. The summed E-state index contributed by atoms with van der Waals surface area (Å²) >= 11 is 2.43. The lowest BCUT2D eigenvalue weighted by Gasteiger charge is -2.16. The number of nitrogens with zero attached hydrogens (tertiary/aromatic N) is 10. The molecule has 6 heterocycles. The molecule has 12 rings (SSSR count). The summed E-state index contributed by atoms with van der Waals surface area (Å²) in [5.41, 5.74) is 1.37. The van der Waals surface area contributed by atoms with Crippen molar-refractivity contribution in [1.82, 2.24) is 49.5 Å². The van der Waals surface area contributed by atoms with E-state index in [9.17, 15) is 28.6 Å². The first kappa shape index (κ1) is 56.8. The molecule has 0 saturated heterocycles. The van der Waals surface area contributed by atoms with Gasteiger partial charge in [-0.2, -0.15) is 0 Å². The number of aromatic carboxylic acids is 2. The van der Waals surface area contributed by atoms with Crippen molar-refractivity contribution in [2.45, 2.75) is 64.8 Å². The number of methoxy groups -OCH3 is 2. The number of carboxylic acids is 2. The van der Waals surface area contributed by atoms with Gasteiger partial charge >= 0.3 is 11.9 Å². The number of benzene rings is 4. The molecular weight excluding hydrogens is 1140 g/mol. The van der Waals surface area contributed by atoms with Gasteiger partial charge in [-0.15, -0.1) is 10.2 Å². The van der Waals surface area contributed by atoms with Gasteiger partial charge < -0.3 is 38.3 Å². The predicted molar refractivity (Wildman–Crippen MR) is 295 cm³/mol. The molecule has 432 valence electrons. The fraction of sp³-hybridized carbons (Fsp3) is 0.276. The highest BCUT2D eigenvalue weighted by Crippen LogP contribution is 2.49. The van der Waals surface area contributed by atoms with E-state index in [1.807, 2.05) is 0 Å². The van der Waals surface area contributed by atoms with Crippen molar-refractivity contribution < 1.29 is 65.1 Å². The first-order valence-corrected chi connectivity index (χ1v) is 27.6. The normalized spacial score (nSPS) is 13.8. The molecule has 0 bridgehead atoms. The first-order valence-electron chi connectivity index (χ1n) is 26.0. The molecule has 84 heavy (non-hydrogen) atoms. The van der Waals surface area contributed by atoms with Crippen LogP contribution in [0.3, 0.4) is 0 Å². The van der Waals surface area contributed by atoms with E-state index in [1.165, 1.54) is 61.2 Å². The second kappa shape index (κ2) is 23.7. The monoisotopic (exact) mass is 1190 g/mol. The van der Waals surface area contributed by atoms with Gasteiger partial charge in [0, 0.05) is 60.0 Å². The maximum atomic E-state index is 15.5. The Bertz CT molecular complexity index is 3870. The van der Waals surface area contributed by atoms with Crippen LogP contribution in [0.4, 0.5) is 26.3 Å². The minimum Gasteiger partial charge on any atom is -0.478 e. The predicted octanol–water partition coefficient (Wildman–Crippen LogP) is 11.7. The van der Waals surface area contributed by atoms with Crippen LogP contribution >= 0.6 is 22.7 Å². The van der Waals surface area contributed by atoms with Crippen LogP contribution < -0.4 is 18.9 Å². The summed E-state index contributed by atoms with van der Waals surface area (Å²) in [6.45, 7) is -0.389. The summed E-state index contributed by atoms with van der Waals surface area (Å²) in [7, 11) is 2.97. The van der Waals surface area contributed by atoms with Gasteiger partial charge in [0.15, 0.2) is 10.0 Å². The number of rotatable bonds is 22. The summed E-state index contributed by atoms with van der Waals surface area (Å²) in [5.74, 6) is -3.76. The molecule has 2 aliphatic rings. The highest BCUT2D eigenvalue weighted by molar-refractivity contribution is 7.13. The van der Waals surface area contributed by atoms with Crippen LogP contribution in [-0.2, 0) is 39.1 Å². The second-order valence-corrected chi connectivity index (χ2v) is 22.4. The fourth-order valence-corrected chi connectivity index (χ4v) is 10.6. The van der Waals surface area contributed by atoms with E-state index in [0.29, 0.717) is 79.8 Å². The lowest BCUT2D eigenvalue weighted by Crippen LogP contribution is -2.16. The fourth-order valence-electron chi connectivity index (χ4n) is 9.43. The molecule has 0 aliphatic heterocycles. The Labute approximate surface area is 481 Å². The average molecular weight is 1190 g/mol. The standard InChI is InChI=1S/2C29H24F3N5O4S/c2*1-40-28-36-35-26(42-28)13-41-25-4-2-3-21(34-25)18-12-19(31)17(9-20(18)32)11-24-33-22-6-5-16(27(38)39)10-23(22)37(24)15-29(14-30)7-8-29/h2*2-6,9-10,12H,7-8,11,13-15H2,1H3,(H,38,39). The minimum absolute atomic E-state index is 0.0479. The Morgan fingerprint density at radius 1 is 0.548 bits per heavy atom. The van der Waals surface area contributed by atoms with Crippen molar-refractivity contribution in [3.63, 3.8) is 0 Å². The summed E-state index contributed by atoms with van der Waals surface area (Å²) < 4.78 is 114. The molecule has 0 spiro atoms. The topological polar surface area (TPSA) is 224 Å². The number of alkyl halides is 2. The van der Waals surface area contributed by atoms with Gasteiger partial charge in [-0.05, 0) is 110 Å². The molecule has 0 amide bonds. The van der Waals surface area contributed by atoms with Crippen LogP contribution in [0, 0.1) is 34.1 Å². The summed E-state index contributed by atoms with van der Waals surface area (Å²) in [5, 5.41) is 36.4. The maximum Gasteiger partial charge on any atom is 0.335 e. The van der Waals surface area contributed by atoms with Gasteiger partial charge in [0.1, 0.15) is 48.1 Å². The lowest BCUT2D eigenvalue weighted by atomic mass is 10.0. The number of imidazole rings is 2. The van der Waals surface area contributed by atoms with Crippen LogP contribution in [0.15, 0.2) is 97.1 Å². The van der Waals surface area contributed by atoms with E-state index in [-0.39, 0.29) is 95.7 Å². The van der Waals surface area contributed by atoms with Crippen molar-refractivity contribution in [3.05, 3.63) is 164 Å². The zero-order valence-electron chi connectivity index (χ0n) is 44.6. The molecule has 6 aromatic heterocycles. The third kappa shape index (κ3) is 12.3. The van der Waals surface area contributed by atoms with Crippen molar-refractivity contribution in [1.29, 1.82) is 0 Å². The van der Waals surface area contributed by atoms with Gasteiger partial charge in [0.25, 0.3) is 10.4 Å². The molecule has 10 aromatic rings. The molecule has 4 aromatic carbocycles. The molecular formula is C58H48F6N10O8S2. The molecule has 2 fully saturated rings. The number of carboxylic acid groups (broad SMARTS) is 2. The van der Waals surface area contributed by atoms with E-state index in [0.717, 1.165) is 24.3 Å². The summed E-state index contributed by atoms with van der Waals surface area (Å²) in [6.07, 6.45) is 2.58. The molecule has 2 N–H and O–H groups in total. The van der Waals surface area contributed by atoms with Crippen LogP contribution in [0.2, 0.25) is 0 Å². The van der Waals surface area contributed by atoms with Gasteiger partial charge in [-0.1, -0.05) is 45.0 Å². The van der Waals surface area contributed by atoms with Gasteiger partial charge in [0.05, 0.1) is 72.2 Å². The maximum absolute atomic E-state index is 15.5. The number of fused-ring (bicyclic) bond motifs is 2. The zero-order valence-corrected chi connectivity index (χ0v) is 46.3. The number of carbonyl (C=O) groups is 2. The Kier molecular flexibility index (Phi) is 16.0. The summed E-state index contributed by atoms with van der Waals surface area (Å²) in [6, 6.07) is 22.8. The summed E-state index contributed by atoms with van der Waals surface area (Å²) in [4.78, 5) is 40.9. The van der Waals surface area contributed by atoms with E-state index >= 15 is 17.6 Å². The highest BCUT2D eigenvalue weighted by atomic mass is 32.1. The number of aromatic nitrogens is 10. The third-order valence-corrected chi connectivity index (χ3v) is 16.2.